The van der Waals surface area contributed by atoms with Gasteiger partial charge in [0.1, 0.15) is 23.2 Å². The number of halogens is 1. The Bertz CT molecular complexity index is 980. The van der Waals surface area contributed by atoms with Crippen molar-refractivity contribution in [2.45, 2.75) is 6.92 Å². The number of aryl methyl sites for hydroxylation is 1. The molecule has 0 aliphatic rings. The summed E-state index contributed by atoms with van der Waals surface area (Å²) in [6.07, 6.45) is 0.936. The average molecular weight is 369 g/mol. The third kappa shape index (κ3) is 3.70. The Morgan fingerprint density at radius 1 is 1.12 bits per heavy atom. The van der Waals surface area contributed by atoms with E-state index in [-0.39, 0.29) is 22.8 Å². The highest BCUT2D eigenvalue weighted by Crippen LogP contribution is 2.31. The number of oxime groups is 1. The maximum atomic E-state index is 12.4. The highest BCUT2D eigenvalue weighted by molar-refractivity contribution is 6.35. The van der Waals surface area contributed by atoms with Crippen LogP contribution < -0.4 is 0 Å². The molecular formula is C19H13ClN2O4. The normalized spacial score (nSPS) is 10.8. The summed E-state index contributed by atoms with van der Waals surface area (Å²) >= 11 is 6.15. The van der Waals surface area contributed by atoms with E-state index >= 15 is 0 Å². The number of ketones is 1. The molecule has 7 heteroatoms. The van der Waals surface area contributed by atoms with Crippen LogP contribution in [0.2, 0.25) is 5.02 Å². The number of hydrogen-bond acceptors (Lipinski definition) is 6. The van der Waals surface area contributed by atoms with Crippen molar-refractivity contribution in [2.24, 2.45) is 5.16 Å². The van der Waals surface area contributed by atoms with E-state index in [1.165, 1.54) is 0 Å². The molecule has 0 saturated carbocycles. The van der Waals surface area contributed by atoms with Crippen molar-refractivity contribution in [3.63, 3.8) is 0 Å². The second-order valence-corrected chi connectivity index (χ2v) is 5.69. The molecule has 0 spiro atoms. The predicted octanol–water partition coefficient (Wildman–Crippen LogP) is 4.33. The van der Waals surface area contributed by atoms with Gasteiger partial charge in [0, 0.05) is 11.1 Å². The van der Waals surface area contributed by atoms with E-state index in [0.29, 0.717) is 16.1 Å². The van der Waals surface area contributed by atoms with Crippen LogP contribution in [0.25, 0.3) is 11.3 Å². The van der Waals surface area contributed by atoms with Crippen LogP contribution in [0.4, 0.5) is 0 Å². The van der Waals surface area contributed by atoms with Crippen LogP contribution >= 0.6 is 11.6 Å². The second kappa shape index (κ2) is 7.76. The lowest BCUT2D eigenvalue weighted by molar-refractivity contribution is 0.0517. The van der Waals surface area contributed by atoms with Gasteiger partial charge in [0.25, 0.3) is 0 Å². The Kier molecular flexibility index (Phi) is 5.24. The van der Waals surface area contributed by atoms with Crippen molar-refractivity contribution in [2.75, 3.05) is 0 Å². The van der Waals surface area contributed by atoms with E-state index in [4.69, 9.17) is 21.0 Å². The molecule has 0 N–H and O–H groups in total. The Hall–Kier alpha value is -3.25. The molecule has 0 atom stereocenters. The van der Waals surface area contributed by atoms with Gasteiger partial charge in [-0.05, 0) is 13.0 Å². The van der Waals surface area contributed by atoms with Gasteiger partial charge in [0.05, 0.1) is 5.02 Å². The zero-order chi connectivity index (χ0) is 18.5. The predicted molar refractivity (Wildman–Crippen MR) is 96.4 cm³/mol. The molecule has 0 bridgehead atoms. The number of carbonyl (C=O) groups excluding carboxylic acids is 2. The minimum absolute atomic E-state index is 0.0995. The van der Waals surface area contributed by atoms with Crippen molar-refractivity contribution >= 4 is 29.6 Å². The van der Waals surface area contributed by atoms with E-state index in [0.717, 1.165) is 6.21 Å². The van der Waals surface area contributed by atoms with E-state index in [9.17, 15) is 9.59 Å². The Balaban J connectivity index is 1.79. The summed E-state index contributed by atoms with van der Waals surface area (Å²) in [6.45, 7) is 1.57. The van der Waals surface area contributed by atoms with Crippen molar-refractivity contribution < 1.29 is 18.9 Å². The van der Waals surface area contributed by atoms with Gasteiger partial charge >= 0.3 is 5.97 Å². The number of carbonyl (C=O) groups is 2. The van der Waals surface area contributed by atoms with Crippen LogP contribution in [0.5, 0.6) is 0 Å². The number of aromatic nitrogens is 1. The first-order valence-corrected chi connectivity index (χ1v) is 8.01. The summed E-state index contributed by atoms with van der Waals surface area (Å²) < 4.78 is 5.09. The quantitative estimate of drug-likeness (QED) is 0.290. The summed E-state index contributed by atoms with van der Waals surface area (Å²) in [4.78, 5) is 29.1. The third-order valence-electron chi connectivity index (χ3n) is 3.56. The lowest BCUT2D eigenvalue weighted by Crippen LogP contribution is -2.06. The minimum atomic E-state index is -0.796. The number of hydrogen-bond donors (Lipinski definition) is 0. The molecule has 0 fully saturated rings. The highest BCUT2D eigenvalue weighted by Gasteiger charge is 2.24. The Labute approximate surface area is 154 Å². The molecule has 0 radical (unpaired) electrons. The molecule has 3 aromatic rings. The first kappa shape index (κ1) is 17.6. The molecule has 1 heterocycles. The van der Waals surface area contributed by atoms with Gasteiger partial charge < -0.3 is 9.36 Å². The van der Waals surface area contributed by atoms with Gasteiger partial charge in [-0.3, -0.25) is 4.79 Å². The average Bonchev–Trinajstić information content (AvgIpc) is 3.04. The van der Waals surface area contributed by atoms with E-state index in [1.807, 2.05) is 0 Å². The zero-order valence-corrected chi connectivity index (χ0v) is 14.4. The fourth-order valence-electron chi connectivity index (χ4n) is 2.29. The maximum Gasteiger partial charge on any atom is 0.371 e. The summed E-state index contributed by atoms with van der Waals surface area (Å²) in [6, 6.07) is 15.4. The van der Waals surface area contributed by atoms with Gasteiger partial charge in [-0.1, -0.05) is 70.4 Å². The van der Waals surface area contributed by atoms with Crippen LogP contribution in [-0.4, -0.2) is 23.1 Å². The zero-order valence-electron chi connectivity index (χ0n) is 13.7. The molecule has 26 heavy (non-hydrogen) atoms. The SMILES string of the molecule is Cc1onc(-c2ccccc2Cl)c1C(=O)O/N=C/C(=O)c1ccccc1. The topological polar surface area (TPSA) is 81.8 Å². The molecule has 0 saturated heterocycles. The van der Waals surface area contributed by atoms with E-state index in [1.54, 1.807) is 61.5 Å². The Morgan fingerprint density at radius 3 is 2.54 bits per heavy atom. The number of nitrogens with zero attached hydrogens (tertiary/aromatic N) is 2. The van der Waals surface area contributed by atoms with Crippen molar-refractivity contribution in [1.82, 2.24) is 5.16 Å². The molecule has 1 aromatic heterocycles. The third-order valence-corrected chi connectivity index (χ3v) is 3.89. The van der Waals surface area contributed by atoms with Gasteiger partial charge in [0.15, 0.2) is 0 Å². The molecule has 0 aliphatic carbocycles. The fourth-order valence-corrected chi connectivity index (χ4v) is 2.52. The van der Waals surface area contributed by atoms with Gasteiger partial charge in [-0.2, -0.15) is 0 Å². The highest BCUT2D eigenvalue weighted by atomic mass is 35.5. The second-order valence-electron chi connectivity index (χ2n) is 5.29. The van der Waals surface area contributed by atoms with Gasteiger partial charge in [0.2, 0.25) is 5.78 Å². The number of benzene rings is 2. The first-order chi connectivity index (χ1) is 12.6. The first-order valence-electron chi connectivity index (χ1n) is 7.63. The largest absolute Gasteiger partial charge is 0.371 e. The molecule has 0 unspecified atom stereocenters. The molecule has 0 amide bonds. The fraction of sp³-hybridized carbons (Fsp3) is 0.0526. The van der Waals surface area contributed by atoms with E-state index in [2.05, 4.69) is 10.3 Å². The minimum Gasteiger partial charge on any atom is -0.360 e. The standard InChI is InChI=1S/C19H13ClN2O4/c1-12-17(18(22-25-12)14-9-5-6-10-15(14)20)19(24)26-21-11-16(23)13-7-3-2-4-8-13/h2-11H,1H3/b21-11+. The van der Waals surface area contributed by atoms with Crippen molar-refractivity contribution in [1.29, 1.82) is 0 Å². The summed E-state index contributed by atoms with van der Waals surface area (Å²) in [5, 5.41) is 7.77. The van der Waals surface area contributed by atoms with Crippen LogP contribution in [-0.2, 0) is 4.84 Å². The lowest BCUT2D eigenvalue weighted by Gasteiger charge is -2.02. The van der Waals surface area contributed by atoms with Crippen LogP contribution in [0.3, 0.4) is 0 Å². The van der Waals surface area contributed by atoms with Crippen molar-refractivity contribution in [3.05, 3.63) is 76.5 Å². The summed E-state index contributed by atoms with van der Waals surface area (Å²) in [7, 11) is 0. The Morgan fingerprint density at radius 2 is 1.81 bits per heavy atom. The molecule has 130 valence electrons. The van der Waals surface area contributed by atoms with Crippen LogP contribution in [0.15, 0.2) is 64.3 Å². The molecule has 0 aliphatic heterocycles. The number of rotatable bonds is 5. The summed E-state index contributed by atoms with van der Waals surface area (Å²) in [5.74, 6) is -0.919. The maximum absolute atomic E-state index is 12.4. The van der Waals surface area contributed by atoms with Gasteiger partial charge in [-0.15, -0.1) is 0 Å². The van der Waals surface area contributed by atoms with E-state index < -0.39 is 5.97 Å². The summed E-state index contributed by atoms with van der Waals surface area (Å²) in [5.41, 5.74) is 1.32. The van der Waals surface area contributed by atoms with Crippen LogP contribution in [0.1, 0.15) is 26.5 Å². The lowest BCUT2D eigenvalue weighted by atomic mass is 10.1. The van der Waals surface area contributed by atoms with Crippen LogP contribution in [0, 0.1) is 6.92 Å². The molecular weight excluding hydrogens is 356 g/mol. The monoisotopic (exact) mass is 368 g/mol. The van der Waals surface area contributed by atoms with Gasteiger partial charge in [-0.25, -0.2) is 4.79 Å². The molecule has 6 nitrogen and oxygen atoms in total. The molecule has 2 aromatic carbocycles. The number of Topliss-reactive ketones (excluding diaryl/α,β-unsaturated/α-hetero) is 1. The molecule has 3 rings (SSSR count). The smallest absolute Gasteiger partial charge is 0.360 e. The van der Waals surface area contributed by atoms with Crippen molar-refractivity contribution in [3.8, 4) is 11.3 Å².